The molecule has 0 aliphatic carbocycles. The van der Waals surface area contributed by atoms with Gasteiger partial charge in [-0.1, -0.05) is 25.7 Å². The molecule has 46 heteroatoms. The van der Waals surface area contributed by atoms with Gasteiger partial charge >= 0.3 is 71.6 Å². The molecule has 0 saturated heterocycles. The van der Waals surface area contributed by atoms with Crippen LogP contribution in [0.4, 0.5) is 0 Å². The summed E-state index contributed by atoms with van der Waals surface area (Å²) in [5.41, 5.74) is 85.8. The Balaban J connectivity index is -0.0000000902. The van der Waals surface area contributed by atoms with Gasteiger partial charge in [0.2, 0.25) is 0 Å². The summed E-state index contributed by atoms with van der Waals surface area (Å²) in [6.45, 7) is 1.55. The Labute approximate surface area is 553 Å². The predicted molar refractivity (Wildman–Crippen MR) is 348 cm³/mol. The maximum absolute atomic E-state index is 10.2. The number of nitrogens with two attached hydrogens (primary N) is 17. The number of hydrogen-bond acceptors (Lipinski definition) is 32. The largest absolute Gasteiger partial charge is 0.481 e. The lowest BCUT2D eigenvalue weighted by atomic mass is 10.1. The number of nitrogens with zero attached hydrogens (tertiary/aromatic N) is 1. The third kappa shape index (κ3) is 109. The Morgan fingerprint density at radius 3 is 0.585 bits per heavy atom. The van der Waals surface area contributed by atoms with E-state index in [-0.39, 0.29) is 24.0 Å². The number of aliphatic imine (C=N–C) groups is 1. The molecule has 0 aliphatic heterocycles. The molecule has 44 nitrogen and oxygen atoms in total. The number of aliphatic carboxylic acids is 12. The topological polar surface area (TPSA) is 943 Å². The van der Waals surface area contributed by atoms with Gasteiger partial charge in [-0.2, -0.15) is 25.3 Å². The Bertz CT molecular complexity index is 1820. The van der Waals surface area contributed by atoms with E-state index in [4.69, 9.17) is 163 Å². The molecule has 0 heterocycles. The highest BCUT2D eigenvalue weighted by Crippen LogP contribution is 2.00. The summed E-state index contributed by atoms with van der Waals surface area (Å²) < 4.78 is 0. The first kappa shape index (κ1) is 111. The van der Waals surface area contributed by atoms with Gasteiger partial charge in [0.1, 0.15) is 60.4 Å². The Kier molecular flexibility index (Phi) is 95.0. The first-order chi connectivity index (χ1) is 43.3. The molecular formula is C48H110N18O26S2. The van der Waals surface area contributed by atoms with Crippen molar-refractivity contribution in [2.45, 2.75) is 157 Å². The molecule has 0 spiro atoms. The van der Waals surface area contributed by atoms with Gasteiger partial charge in [0.25, 0.3) is 0 Å². The maximum atomic E-state index is 10.2. The summed E-state index contributed by atoms with van der Waals surface area (Å²) in [7, 11) is 0. The van der Waals surface area contributed by atoms with E-state index in [0.29, 0.717) is 71.2 Å². The van der Waals surface area contributed by atoms with E-state index in [9.17, 15) is 57.5 Å². The Morgan fingerprint density at radius 2 is 0.489 bits per heavy atom. The first-order valence-corrected chi connectivity index (χ1v) is 28.8. The zero-order valence-electron chi connectivity index (χ0n) is 52.3. The molecular weight excluding hydrogens is 1310 g/mol. The number of carbonyl (C=O) groups is 12. The van der Waals surface area contributed by atoms with Crippen LogP contribution in [0.25, 0.3) is 0 Å². The van der Waals surface area contributed by atoms with Crippen LogP contribution in [0.3, 0.4) is 0 Å². The molecule has 0 fully saturated rings. The number of hydrogen-bond donors (Lipinski definition) is 33. The summed E-state index contributed by atoms with van der Waals surface area (Å²) in [5, 5.41) is 113. The highest BCUT2D eigenvalue weighted by molar-refractivity contribution is 7.80. The molecule has 560 valence electrons. The molecule has 0 amide bonds. The Morgan fingerprint density at radius 1 is 0.298 bits per heavy atom. The molecule has 0 aromatic carbocycles. The van der Waals surface area contributed by atoms with Gasteiger partial charge in [0.05, 0.1) is 26.2 Å². The quantitative estimate of drug-likeness (QED) is 0.0119. The van der Waals surface area contributed by atoms with Crippen LogP contribution >= 0.6 is 25.3 Å². The average molecular weight is 1420 g/mol. The van der Waals surface area contributed by atoms with Crippen LogP contribution in [-0.4, -0.2) is 273 Å². The predicted octanol–water partition coefficient (Wildman–Crippen LogP) is -10.1. The Hall–Kier alpha value is -7.07. The lowest BCUT2D eigenvalue weighted by Gasteiger charge is -2.03. The summed E-state index contributed by atoms with van der Waals surface area (Å²) in [5.74, 6) is -12.2. The smallest absolute Gasteiger partial charge is 0.322 e. The third-order valence-electron chi connectivity index (χ3n) is 9.37. The van der Waals surface area contributed by atoms with Crippen LogP contribution in [0.5, 0.6) is 0 Å². The van der Waals surface area contributed by atoms with Crippen LogP contribution < -0.4 is 97.5 Å². The number of rotatable bonds is 37. The van der Waals surface area contributed by atoms with E-state index in [1.54, 1.807) is 0 Å². The molecule has 0 saturated carbocycles. The zero-order chi connectivity index (χ0) is 76.7. The van der Waals surface area contributed by atoms with E-state index in [1.165, 1.54) is 0 Å². The van der Waals surface area contributed by atoms with E-state index < -0.39 is 152 Å². The summed E-state index contributed by atoms with van der Waals surface area (Å²) in [6.07, 6.45) is 9.08. The van der Waals surface area contributed by atoms with Crippen LogP contribution in [-0.2, 0) is 57.5 Å². The number of guanidine groups is 1. The molecule has 48 N–H and O–H groups in total. The van der Waals surface area contributed by atoms with Gasteiger partial charge in [0.15, 0.2) is 5.96 Å². The lowest BCUT2D eigenvalue weighted by Crippen LogP contribution is -2.33. The number of thiol groups is 2. The van der Waals surface area contributed by atoms with Crippen molar-refractivity contribution in [1.29, 1.82) is 0 Å². The number of unbranched alkanes of at least 4 members (excludes halogenated alkanes) is 4. The van der Waals surface area contributed by atoms with E-state index in [1.807, 2.05) is 0 Å². The van der Waals surface area contributed by atoms with E-state index >= 15 is 0 Å². The van der Waals surface area contributed by atoms with Crippen LogP contribution in [0, 0.1) is 0 Å². The van der Waals surface area contributed by atoms with Gasteiger partial charge < -0.3 is 169 Å². The van der Waals surface area contributed by atoms with Gasteiger partial charge in [-0.25, -0.2) is 0 Å². The van der Waals surface area contributed by atoms with Crippen molar-refractivity contribution in [2.24, 2.45) is 102 Å². The molecule has 0 bridgehead atoms. The zero-order valence-corrected chi connectivity index (χ0v) is 54.1. The van der Waals surface area contributed by atoms with E-state index in [0.717, 1.165) is 51.4 Å². The van der Waals surface area contributed by atoms with Crippen molar-refractivity contribution in [2.75, 3.05) is 64.0 Å². The highest BCUT2D eigenvalue weighted by atomic mass is 32.1. The minimum absolute atomic E-state index is 0.0129. The van der Waals surface area contributed by atoms with Gasteiger partial charge in [-0.05, 0) is 90.4 Å². The molecule has 0 aliphatic rings. The minimum Gasteiger partial charge on any atom is -0.481 e. The van der Waals surface area contributed by atoms with Crippen molar-refractivity contribution >= 4 is 103 Å². The number of aliphatic hydroxyl groups is 2. The molecule has 10 atom stereocenters. The molecule has 94 heavy (non-hydrogen) atoms. The average Bonchev–Trinajstić information content (AvgIpc) is 3.73. The molecule has 0 rings (SSSR count). The van der Waals surface area contributed by atoms with Gasteiger partial charge in [-0.15, -0.1) is 0 Å². The van der Waals surface area contributed by atoms with Crippen LogP contribution in [0.1, 0.15) is 96.3 Å². The standard InChI is InChI=1S/C6H14N4O2.4C6H14N2O2.C4H7NO4.2C3H7NO3.2C3H7NO2S.C2H5NO2/c7-4(5(11)12)2-1-3-10-6(8)9;4*7-4-2-1-3-5(8)6(9)10;5-2(4(8)9)1-3(6)7;2*4-2(1-5)3(6)7;2*4-2(1-7)3(5)6;3-1-2(4)5/h4H,1-3,7H2,(H,11,12)(H4,8,9,10);4*5H,1-4,7-8H2,(H,9,10);2H,1,5H2,(H,6,7)(H,8,9);2*2,5H,1,4H2,(H,6,7);2*2,7H,1,4H2,(H,5,6);1,3H2,(H,4,5)/t4-;4*5-;5*2-;/m0000000000./s1. The lowest BCUT2D eigenvalue weighted by molar-refractivity contribution is -0.144. The number of aliphatic hydroxyl groups excluding tert-OH is 2. The molecule has 0 aromatic rings. The SMILES string of the molecule is NC(N)=NCCC[C@H](N)C(=O)O.NCC(=O)O.NCCCC[C@H](N)C(=O)O.NCCCC[C@H](N)C(=O)O.NCCCC[C@H](N)C(=O)O.NCCCC[C@H](N)C(=O)O.N[C@@H](CC(=O)O)C(=O)O.N[C@@H](CO)C(=O)O.N[C@@H](CO)C(=O)O.N[C@@H](CS)C(=O)O.N[C@@H](CS)C(=O)O. The molecule has 0 aromatic heterocycles. The normalized spacial score (nSPS) is 12.7. The monoisotopic (exact) mass is 1420 g/mol. The van der Waals surface area contributed by atoms with Crippen molar-refractivity contribution in [1.82, 2.24) is 0 Å². The minimum atomic E-state index is -1.29. The fourth-order valence-electron chi connectivity index (χ4n) is 3.76. The number of carboxylic acid groups (broad SMARTS) is 12. The van der Waals surface area contributed by atoms with E-state index in [2.05, 4.69) is 36.0 Å². The van der Waals surface area contributed by atoms with Crippen molar-refractivity contribution in [3.8, 4) is 0 Å². The van der Waals surface area contributed by atoms with Crippen molar-refractivity contribution < 1.29 is 129 Å². The van der Waals surface area contributed by atoms with Crippen LogP contribution in [0.2, 0.25) is 0 Å². The summed E-state index contributed by atoms with van der Waals surface area (Å²) in [4.78, 5) is 122. The summed E-state index contributed by atoms with van der Waals surface area (Å²) in [6, 6.07) is -8.86. The van der Waals surface area contributed by atoms with Gasteiger partial charge in [-0.3, -0.25) is 62.5 Å². The second-order valence-corrected chi connectivity index (χ2v) is 18.7. The summed E-state index contributed by atoms with van der Waals surface area (Å²) >= 11 is 7.30. The van der Waals surface area contributed by atoms with Crippen molar-refractivity contribution in [3.05, 3.63) is 0 Å². The second-order valence-electron chi connectivity index (χ2n) is 18.0. The third-order valence-corrected chi connectivity index (χ3v) is 10.2. The van der Waals surface area contributed by atoms with Gasteiger partial charge in [0, 0.05) is 18.1 Å². The highest BCUT2D eigenvalue weighted by Gasteiger charge is 2.16. The number of carboxylic acids is 12. The van der Waals surface area contributed by atoms with Crippen LogP contribution in [0.15, 0.2) is 4.99 Å². The molecule has 0 unspecified atom stereocenters. The van der Waals surface area contributed by atoms with Crippen molar-refractivity contribution in [3.63, 3.8) is 0 Å². The fraction of sp³-hybridized carbons (Fsp3) is 0.729. The fourth-order valence-corrected chi connectivity index (χ4v) is 4.07. The maximum Gasteiger partial charge on any atom is 0.322 e. The first-order valence-electron chi connectivity index (χ1n) is 27.6. The molecule has 0 radical (unpaired) electrons. The second kappa shape index (κ2) is 80.2.